The maximum Gasteiger partial charge on any atom is 0.304 e. The van der Waals surface area contributed by atoms with Crippen molar-refractivity contribution in [3.8, 4) is 0 Å². The van der Waals surface area contributed by atoms with Crippen molar-refractivity contribution in [2.24, 2.45) is 10.8 Å². The topological polar surface area (TPSA) is 57.5 Å². The second kappa shape index (κ2) is 3.96. The van der Waals surface area contributed by atoms with Crippen LogP contribution in [0.5, 0.6) is 0 Å². The third-order valence-electron chi connectivity index (χ3n) is 2.96. The summed E-state index contributed by atoms with van der Waals surface area (Å²) in [4.78, 5) is 10.8. The van der Waals surface area contributed by atoms with Gasteiger partial charge in [-0.3, -0.25) is 4.79 Å². The predicted molar refractivity (Wildman–Crippen MR) is 63.2 cm³/mol. The third kappa shape index (κ3) is 2.87. The Balaban J connectivity index is 2.98. The smallest absolute Gasteiger partial charge is 0.304 e. The van der Waals surface area contributed by atoms with Gasteiger partial charge < -0.3 is 10.2 Å². The average molecular weight is 224 g/mol. The van der Waals surface area contributed by atoms with Crippen molar-refractivity contribution >= 4 is 5.97 Å². The quantitative estimate of drug-likeness (QED) is 0.773. The van der Waals surface area contributed by atoms with E-state index in [4.69, 9.17) is 5.11 Å². The molecule has 0 saturated heterocycles. The summed E-state index contributed by atoms with van der Waals surface area (Å²) in [5, 5.41) is 18.8. The van der Waals surface area contributed by atoms with Gasteiger partial charge in [-0.15, -0.1) is 0 Å². The first-order valence-electron chi connectivity index (χ1n) is 5.48. The number of carboxylic acids is 1. The number of hydrogen-bond donors (Lipinski definition) is 2. The lowest BCUT2D eigenvalue weighted by molar-refractivity contribution is -0.138. The van der Waals surface area contributed by atoms with E-state index < -0.39 is 11.4 Å². The fourth-order valence-electron chi connectivity index (χ4n) is 2.08. The highest BCUT2D eigenvalue weighted by Gasteiger charge is 2.32. The molecule has 1 aliphatic carbocycles. The van der Waals surface area contributed by atoms with Crippen LogP contribution in [0.3, 0.4) is 0 Å². The molecule has 0 aromatic heterocycles. The third-order valence-corrected chi connectivity index (χ3v) is 2.96. The zero-order valence-electron chi connectivity index (χ0n) is 10.4. The molecule has 0 unspecified atom stereocenters. The number of carboxylic acid groups (broad SMARTS) is 1. The highest BCUT2D eigenvalue weighted by Crippen LogP contribution is 2.40. The largest absolute Gasteiger partial charge is 0.512 e. The van der Waals surface area contributed by atoms with Gasteiger partial charge in [0.2, 0.25) is 0 Å². The molecule has 0 fully saturated rings. The number of aliphatic carboxylic acids is 1. The van der Waals surface area contributed by atoms with Crippen LogP contribution in [-0.2, 0) is 4.79 Å². The molecule has 0 radical (unpaired) electrons. The van der Waals surface area contributed by atoms with Crippen molar-refractivity contribution in [1.29, 1.82) is 0 Å². The normalized spacial score (nSPS) is 20.0. The summed E-state index contributed by atoms with van der Waals surface area (Å²) in [5.74, 6) is -0.526. The van der Waals surface area contributed by atoms with Crippen LogP contribution in [0.1, 0.15) is 40.5 Å². The predicted octanol–water partition coefficient (Wildman–Crippen LogP) is 3.29. The first-order chi connectivity index (χ1) is 7.14. The van der Waals surface area contributed by atoms with Gasteiger partial charge in [0.25, 0.3) is 0 Å². The average Bonchev–Trinajstić information content (AvgIpc) is 1.97. The number of hydrogen-bond acceptors (Lipinski definition) is 2. The number of aliphatic hydroxyl groups excluding tert-OH is 1. The highest BCUT2D eigenvalue weighted by atomic mass is 16.4. The van der Waals surface area contributed by atoms with Crippen LogP contribution in [0.4, 0.5) is 0 Å². The van der Waals surface area contributed by atoms with Crippen LogP contribution in [0.15, 0.2) is 23.5 Å². The minimum atomic E-state index is -0.844. The van der Waals surface area contributed by atoms with Gasteiger partial charge >= 0.3 is 5.97 Å². The van der Waals surface area contributed by atoms with Crippen molar-refractivity contribution in [3.05, 3.63) is 23.5 Å². The van der Waals surface area contributed by atoms with Crippen LogP contribution in [-0.4, -0.2) is 16.2 Å². The SMILES string of the molecule is CC1(C)C=CC(C(C)(C)CC(=O)O)=C(O)C1. The van der Waals surface area contributed by atoms with Crippen molar-refractivity contribution in [3.63, 3.8) is 0 Å². The van der Waals surface area contributed by atoms with E-state index in [1.165, 1.54) is 0 Å². The molecule has 90 valence electrons. The summed E-state index contributed by atoms with van der Waals surface area (Å²) in [6, 6.07) is 0. The van der Waals surface area contributed by atoms with E-state index >= 15 is 0 Å². The van der Waals surface area contributed by atoms with Crippen LogP contribution < -0.4 is 0 Å². The van der Waals surface area contributed by atoms with Crippen LogP contribution >= 0.6 is 0 Å². The number of rotatable bonds is 3. The monoisotopic (exact) mass is 224 g/mol. The summed E-state index contributed by atoms with van der Waals surface area (Å²) in [5.41, 5.74) is 0.171. The van der Waals surface area contributed by atoms with Gasteiger partial charge in [-0.05, 0) is 11.0 Å². The summed E-state index contributed by atoms with van der Waals surface area (Å²) >= 11 is 0. The fraction of sp³-hybridized carbons (Fsp3) is 0.615. The standard InChI is InChI=1S/C13H20O3/c1-12(2)6-5-9(10(14)7-12)13(3,4)8-11(15)16/h5-6,14H,7-8H2,1-4H3,(H,15,16). The van der Waals surface area contributed by atoms with E-state index in [-0.39, 0.29) is 11.8 Å². The van der Waals surface area contributed by atoms with Crippen molar-refractivity contribution in [2.75, 3.05) is 0 Å². The van der Waals surface area contributed by atoms with E-state index in [0.29, 0.717) is 12.2 Å². The molecule has 0 aromatic rings. The van der Waals surface area contributed by atoms with Gasteiger partial charge in [0.1, 0.15) is 0 Å². The van der Waals surface area contributed by atoms with E-state index in [0.717, 1.165) is 5.57 Å². The lowest BCUT2D eigenvalue weighted by Crippen LogP contribution is -2.24. The van der Waals surface area contributed by atoms with Crippen molar-refractivity contribution in [1.82, 2.24) is 0 Å². The van der Waals surface area contributed by atoms with Crippen molar-refractivity contribution < 1.29 is 15.0 Å². The molecular formula is C13H20O3. The minimum absolute atomic E-state index is 0.0250. The summed E-state index contributed by atoms with van der Waals surface area (Å²) in [6.07, 6.45) is 4.49. The highest BCUT2D eigenvalue weighted by molar-refractivity contribution is 5.68. The molecule has 3 nitrogen and oxygen atoms in total. The maximum atomic E-state index is 10.8. The Kier molecular flexibility index (Phi) is 3.17. The first-order valence-corrected chi connectivity index (χ1v) is 5.48. The first kappa shape index (κ1) is 12.8. The van der Waals surface area contributed by atoms with E-state index in [9.17, 15) is 9.90 Å². The number of allylic oxidation sites excluding steroid dienone is 4. The van der Waals surface area contributed by atoms with Crippen molar-refractivity contribution in [2.45, 2.75) is 40.5 Å². The summed E-state index contributed by atoms with van der Waals surface area (Å²) in [7, 11) is 0. The molecule has 0 saturated carbocycles. The zero-order valence-corrected chi connectivity index (χ0v) is 10.4. The molecule has 0 aliphatic heterocycles. The number of aliphatic hydroxyl groups is 1. The van der Waals surface area contributed by atoms with Gasteiger partial charge in [-0.1, -0.05) is 39.8 Å². The van der Waals surface area contributed by atoms with E-state index in [2.05, 4.69) is 0 Å². The minimum Gasteiger partial charge on any atom is -0.512 e. The molecule has 0 bridgehead atoms. The zero-order chi connectivity index (χ0) is 12.6. The molecule has 1 aliphatic rings. The van der Waals surface area contributed by atoms with Crippen LogP contribution in [0, 0.1) is 10.8 Å². The second-order valence-electron chi connectivity index (χ2n) is 5.81. The Morgan fingerprint density at radius 1 is 1.50 bits per heavy atom. The Labute approximate surface area is 96.5 Å². The molecule has 0 atom stereocenters. The number of carbonyl (C=O) groups is 1. The van der Waals surface area contributed by atoms with Gasteiger partial charge in [0.15, 0.2) is 0 Å². The second-order valence-corrected chi connectivity index (χ2v) is 5.81. The van der Waals surface area contributed by atoms with Gasteiger partial charge in [0.05, 0.1) is 12.2 Å². The van der Waals surface area contributed by atoms with Gasteiger partial charge in [0, 0.05) is 11.8 Å². The molecule has 1 rings (SSSR count). The Morgan fingerprint density at radius 3 is 2.50 bits per heavy atom. The Hall–Kier alpha value is -1.25. The molecule has 0 amide bonds. The molecule has 0 heterocycles. The van der Waals surface area contributed by atoms with Crippen LogP contribution in [0.2, 0.25) is 0 Å². The van der Waals surface area contributed by atoms with Crippen LogP contribution in [0.25, 0.3) is 0 Å². The van der Waals surface area contributed by atoms with Gasteiger partial charge in [-0.25, -0.2) is 0 Å². The molecule has 2 N–H and O–H groups in total. The van der Waals surface area contributed by atoms with Gasteiger partial charge in [-0.2, -0.15) is 0 Å². The molecule has 16 heavy (non-hydrogen) atoms. The fourth-order valence-corrected chi connectivity index (χ4v) is 2.08. The molecule has 0 spiro atoms. The maximum absolute atomic E-state index is 10.8. The lowest BCUT2D eigenvalue weighted by atomic mass is 9.73. The lowest BCUT2D eigenvalue weighted by Gasteiger charge is -2.32. The Bertz CT molecular complexity index is 359. The molecule has 0 aromatic carbocycles. The molecule has 3 heteroatoms. The van der Waals surface area contributed by atoms with E-state index in [1.807, 2.05) is 39.8 Å². The summed E-state index contributed by atoms with van der Waals surface area (Å²) < 4.78 is 0. The molecular weight excluding hydrogens is 204 g/mol. The summed E-state index contributed by atoms with van der Waals surface area (Å²) in [6.45, 7) is 7.77. The van der Waals surface area contributed by atoms with E-state index in [1.54, 1.807) is 0 Å². The Morgan fingerprint density at radius 2 is 2.06 bits per heavy atom.